The number of halogens is 1. The minimum Gasteiger partial charge on any atom is -0.326 e. The van der Waals surface area contributed by atoms with Gasteiger partial charge in [-0.1, -0.05) is 36.9 Å². The van der Waals surface area contributed by atoms with E-state index < -0.39 is 0 Å². The van der Waals surface area contributed by atoms with E-state index in [1.165, 1.54) is 0 Å². The SMILES string of the molecule is C=C/C(Cl)=C(\C=C)CN. The first kappa shape index (κ1) is 8.47. The molecule has 9 heavy (non-hydrogen) atoms. The molecule has 50 valence electrons. The zero-order chi connectivity index (χ0) is 7.28. The molecule has 0 aromatic carbocycles. The van der Waals surface area contributed by atoms with Crippen molar-refractivity contribution in [1.82, 2.24) is 0 Å². The first-order chi connectivity index (χ1) is 4.26. The quantitative estimate of drug-likeness (QED) is 0.600. The van der Waals surface area contributed by atoms with Crippen LogP contribution in [-0.4, -0.2) is 6.54 Å². The van der Waals surface area contributed by atoms with Crippen LogP contribution in [0, 0.1) is 0 Å². The molecule has 0 fully saturated rings. The second-order valence-corrected chi connectivity index (χ2v) is 1.89. The summed E-state index contributed by atoms with van der Waals surface area (Å²) in [6.45, 7) is 7.43. The van der Waals surface area contributed by atoms with Crippen LogP contribution in [-0.2, 0) is 0 Å². The van der Waals surface area contributed by atoms with Gasteiger partial charge < -0.3 is 5.73 Å². The largest absolute Gasteiger partial charge is 0.326 e. The highest BCUT2D eigenvalue weighted by Crippen LogP contribution is 2.09. The number of hydrogen-bond donors (Lipinski definition) is 1. The third-order valence-electron chi connectivity index (χ3n) is 0.952. The minimum atomic E-state index is 0.411. The molecule has 0 spiro atoms. The summed E-state index contributed by atoms with van der Waals surface area (Å²) in [5.74, 6) is 0. The van der Waals surface area contributed by atoms with Gasteiger partial charge >= 0.3 is 0 Å². The van der Waals surface area contributed by atoms with Gasteiger partial charge in [-0.05, 0) is 5.57 Å². The van der Waals surface area contributed by atoms with E-state index in [0.29, 0.717) is 11.6 Å². The van der Waals surface area contributed by atoms with Crippen molar-refractivity contribution in [3.63, 3.8) is 0 Å². The van der Waals surface area contributed by atoms with Gasteiger partial charge in [-0.25, -0.2) is 0 Å². The molecule has 0 saturated carbocycles. The van der Waals surface area contributed by atoms with Crippen LogP contribution < -0.4 is 5.73 Å². The van der Waals surface area contributed by atoms with Gasteiger partial charge in [0.2, 0.25) is 0 Å². The molecule has 0 aliphatic rings. The maximum absolute atomic E-state index is 5.64. The van der Waals surface area contributed by atoms with E-state index in [-0.39, 0.29) is 0 Å². The van der Waals surface area contributed by atoms with Gasteiger partial charge in [0, 0.05) is 11.6 Å². The van der Waals surface area contributed by atoms with Crippen molar-refractivity contribution in [3.05, 3.63) is 35.9 Å². The van der Waals surface area contributed by atoms with Crippen molar-refractivity contribution in [1.29, 1.82) is 0 Å². The predicted molar refractivity (Wildman–Crippen MR) is 42.3 cm³/mol. The highest BCUT2D eigenvalue weighted by Gasteiger charge is 1.91. The second-order valence-electron chi connectivity index (χ2n) is 1.49. The lowest BCUT2D eigenvalue weighted by Gasteiger charge is -1.95. The minimum absolute atomic E-state index is 0.411. The van der Waals surface area contributed by atoms with E-state index in [2.05, 4.69) is 13.2 Å². The van der Waals surface area contributed by atoms with Crippen molar-refractivity contribution >= 4 is 11.6 Å². The zero-order valence-electron chi connectivity index (χ0n) is 5.23. The maximum Gasteiger partial charge on any atom is 0.0444 e. The summed E-state index contributed by atoms with van der Waals surface area (Å²) in [6.07, 6.45) is 3.18. The summed E-state index contributed by atoms with van der Waals surface area (Å²) >= 11 is 5.64. The van der Waals surface area contributed by atoms with E-state index in [1.807, 2.05) is 0 Å². The normalized spacial score (nSPS) is 12.2. The Kier molecular flexibility index (Phi) is 4.10. The van der Waals surface area contributed by atoms with Crippen LogP contribution in [0.15, 0.2) is 35.9 Å². The molecule has 2 heteroatoms. The molecule has 0 bridgehead atoms. The zero-order valence-corrected chi connectivity index (χ0v) is 5.99. The lowest BCUT2D eigenvalue weighted by atomic mass is 10.2. The molecular formula is C7H10ClN. The molecule has 0 atom stereocenters. The molecule has 0 aliphatic heterocycles. The number of hydrogen-bond acceptors (Lipinski definition) is 1. The molecule has 0 rings (SSSR count). The topological polar surface area (TPSA) is 26.0 Å². The average molecular weight is 144 g/mol. The Bertz CT molecular complexity index is 147. The van der Waals surface area contributed by atoms with Crippen LogP contribution in [0.25, 0.3) is 0 Å². The van der Waals surface area contributed by atoms with Crippen LogP contribution in [0.3, 0.4) is 0 Å². The fraction of sp³-hybridized carbons (Fsp3) is 0.143. The molecule has 0 aromatic heterocycles. The standard InChI is InChI=1S/C7H10ClN/c1-3-6(5-9)7(8)4-2/h3-4H,1-2,5,9H2/b7-6-. The molecule has 0 aromatic rings. The third-order valence-corrected chi connectivity index (χ3v) is 1.35. The lowest BCUT2D eigenvalue weighted by Crippen LogP contribution is -2.01. The van der Waals surface area contributed by atoms with Crippen LogP contribution in [0.4, 0.5) is 0 Å². The predicted octanol–water partition coefficient (Wildman–Crippen LogP) is 1.81. The van der Waals surface area contributed by atoms with Gasteiger partial charge in [-0.2, -0.15) is 0 Å². The summed E-state index contributed by atoms with van der Waals surface area (Å²) < 4.78 is 0. The summed E-state index contributed by atoms with van der Waals surface area (Å²) in [5.41, 5.74) is 6.12. The van der Waals surface area contributed by atoms with Gasteiger partial charge in [0.25, 0.3) is 0 Å². The van der Waals surface area contributed by atoms with E-state index >= 15 is 0 Å². The smallest absolute Gasteiger partial charge is 0.0444 e. The van der Waals surface area contributed by atoms with Crippen molar-refractivity contribution in [2.24, 2.45) is 5.73 Å². The van der Waals surface area contributed by atoms with E-state index in [1.54, 1.807) is 12.2 Å². The molecule has 0 radical (unpaired) electrons. The Labute approximate surface area is 60.5 Å². The summed E-state index contributed by atoms with van der Waals surface area (Å²) in [7, 11) is 0. The highest BCUT2D eigenvalue weighted by atomic mass is 35.5. The molecule has 1 nitrogen and oxygen atoms in total. The molecular weight excluding hydrogens is 134 g/mol. The first-order valence-electron chi connectivity index (χ1n) is 2.59. The van der Waals surface area contributed by atoms with Gasteiger partial charge in [-0.15, -0.1) is 0 Å². The average Bonchev–Trinajstić information content (AvgIpc) is 1.90. The van der Waals surface area contributed by atoms with Crippen molar-refractivity contribution in [2.75, 3.05) is 6.54 Å². The van der Waals surface area contributed by atoms with Crippen molar-refractivity contribution in [2.45, 2.75) is 0 Å². The molecule has 0 amide bonds. The number of allylic oxidation sites excluding steroid dienone is 2. The van der Waals surface area contributed by atoms with Gasteiger partial charge in [-0.3, -0.25) is 0 Å². The molecule has 2 N–H and O–H groups in total. The van der Waals surface area contributed by atoms with Gasteiger partial charge in [0.15, 0.2) is 0 Å². The fourth-order valence-corrected chi connectivity index (χ4v) is 0.564. The van der Waals surface area contributed by atoms with Crippen molar-refractivity contribution < 1.29 is 0 Å². The van der Waals surface area contributed by atoms with Crippen LogP contribution >= 0.6 is 11.6 Å². The lowest BCUT2D eigenvalue weighted by molar-refractivity contribution is 1.18. The number of rotatable bonds is 3. The van der Waals surface area contributed by atoms with Crippen LogP contribution in [0.2, 0.25) is 0 Å². The Hall–Kier alpha value is -0.530. The van der Waals surface area contributed by atoms with E-state index in [9.17, 15) is 0 Å². The van der Waals surface area contributed by atoms with Crippen LogP contribution in [0.5, 0.6) is 0 Å². The molecule has 0 saturated heterocycles. The Balaban J connectivity index is 4.36. The molecule has 0 unspecified atom stereocenters. The summed E-state index contributed by atoms with van der Waals surface area (Å²) in [5, 5.41) is 0.576. The maximum atomic E-state index is 5.64. The van der Waals surface area contributed by atoms with Gasteiger partial charge in [0.05, 0.1) is 0 Å². The fourth-order valence-electron chi connectivity index (χ4n) is 0.409. The van der Waals surface area contributed by atoms with E-state index in [4.69, 9.17) is 17.3 Å². The molecule has 0 aliphatic carbocycles. The summed E-state index contributed by atoms with van der Waals surface area (Å²) in [6, 6.07) is 0. The molecule has 0 heterocycles. The Morgan fingerprint density at radius 1 is 1.44 bits per heavy atom. The Morgan fingerprint density at radius 3 is 2.11 bits per heavy atom. The third kappa shape index (κ3) is 2.49. The summed E-state index contributed by atoms with van der Waals surface area (Å²) in [4.78, 5) is 0. The monoisotopic (exact) mass is 143 g/mol. The van der Waals surface area contributed by atoms with Gasteiger partial charge in [0.1, 0.15) is 0 Å². The number of nitrogens with two attached hydrogens (primary N) is 1. The first-order valence-corrected chi connectivity index (χ1v) is 2.97. The van der Waals surface area contributed by atoms with Crippen molar-refractivity contribution in [3.8, 4) is 0 Å². The second kappa shape index (κ2) is 4.36. The van der Waals surface area contributed by atoms with E-state index in [0.717, 1.165) is 5.57 Å². The highest BCUT2D eigenvalue weighted by molar-refractivity contribution is 6.31. The van der Waals surface area contributed by atoms with Crippen LogP contribution in [0.1, 0.15) is 0 Å². The Morgan fingerprint density at radius 2 is 2.00 bits per heavy atom.